The Bertz CT molecular complexity index is 1310. The van der Waals surface area contributed by atoms with Gasteiger partial charge in [0.25, 0.3) is 15.9 Å². The van der Waals surface area contributed by atoms with E-state index in [4.69, 9.17) is 0 Å². The second kappa shape index (κ2) is 9.69. The summed E-state index contributed by atoms with van der Waals surface area (Å²) in [6, 6.07) is 18.9. The molecule has 7 nitrogen and oxygen atoms in total. The molecule has 0 spiro atoms. The summed E-state index contributed by atoms with van der Waals surface area (Å²) < 4.78 is 28.5. The molecule has 0 aliphatic heterocycles. The largest absolute Gasteiger partial charge is 0.348 e. The second-order valence-electron chi connectivity index (χ2n) is 8.59. The lowest BCUT2D eigenvalue weighted by molar-refractivity contribution is -0.117. The van der Waals surface area contributed by atoms with E-state index in [1.54, 1.807) is 43.3 Å². The van der Waals surface area contributed by atoms with E-state index in [-0.39, 0.29) is 34.7 Å². The van der Waals surface area contributed by atoms with Gasteiger partial charge in [-0.1, -0.05) is 35.9 Å². The van der Waals surface area contributed by atoms with Crippen molar-refractivity contribution < 1.29 is 18.0 Å². The summed E-state index contributed by atoms with van der Waals surface area (Å²) in [5, 5.41) is 5.69. The molecule has 0 radical (unpaired) electrons. The van der Waals surface area contributed by atoms with E-state index in [2.05, 4.69) is 15.4 Å². The average molecular weight is 478 g/mol. The monoisotopic (exact) mass is 477 g/mol. The maximum Gasteiger partial charge on any atom is 0.262 e. The van der Waals surface area contributed by atoms with Crippen LogP contribution in [0.1, 0.15) is 39.9 Å². The number of sulfonamides is 1. The molecule has 0 heterocycles. The molecule has 4 rings (SSSR count). The fraction of sp³-hybridized carbons (Fsp3) is 0.231. The number of rotatable bonds is 8. The molecule has 0 bridgehead atoms. The lowest BCUT2D eigenvalue weighted by Crippen LogP contribution is -2.23. The number of aryl methyl sites for hydroxylation is 2. The lowest BCUT2D eigenvalue weighted by atomic mass is 10.1. The Hall–Kier alpha value is -3.65. The fourth-order valence-electron chi connectivity index (χ4n) is 3.44. The highest BCUT2D eigenvalue weighted by atomic mass is 32.2. The quantitative estimate of drug-likeness (QED) is 0.448. The van der Waals surface area contributed by atoms with Crippen molar-refractivity contribution in [2.45, 2.75) is 38.1 Å². The van der Waals surface area contributed by atoms with Crippen LogP contribution < -0.4 is 15.4 Å². The zero-order chi connectivity index (χ0) is 24.3. The third-order valence-corrected chi connectivity index (χ3v) is 7.19. The maximum atomic E-state index is 12.9. The Morgan fingerprint density at radius 3 is 2.18 bits per heavy atom. The molecule has 0 atom stereocenters. The summed E-state index contributed by atoms with van der Waals surface area (Å²) in [7, 11) is -3.86. The van der Waals surface area contributed by atoms with E-state index >= 15 is 0 Å². The van der Waals surface area contributed by atoms with Gasteiger partial charge in [0.2, 0.25) is 5.91 Å². The number of benzene rings is 3. The first-order chi connectivity index (χ1) is 16.2. The van der Waals surface area contributed by atoms with E-state index in [1.807, 2.05) is 31.2 Å². The molecule has 34 heavy (non-hydrogen) atoms. The second-order valence-corrected chi connectivity index (χ2v) is 10.2. The van der Waals surface area contributed by atoms with E-state index in [0.717, 1.165) is 29.7 Å². The van der Waals surface area contributed by atoms with E-state index in [0.29, 0.717) is 11.3 Å². The Kier molecular flexibility index (Phi) is 6.70. The Labute approximate surface area is 199 Å². The van der Waals surface area contributed by atoms with Gasteiger partial charge in [-0.05, 0) is 74.2 Å². The van der Waals surface area contributed by atoms with Crippen LogP contribution >= 0.6 is 0 Å². The number of nitrogens with one attached hydrogen (secondary N) is 3. The number of hydrogen-bond donors (Lipinski definition) is 3. The average Bonchev–Trinajstić information content (AvgIpc) is 3.66. The summed E-state index contributed by atoms with van der Waals surface area (Å²) in [4.78, 5) is 24.6. The zero-order valence-corrected chi connectivity index (χ0v) is 19.9. The molecule has 1 aliphatic carbocycles. The van der Waals surface area contributed by atoms with Crippen molar-refractivity contribution in [1.29, 1.82) is 0 Å². The predicted octanol–water partition coefficient (Wildman–Crippen LogP) is 4.38. The Morgan fingerprint density at radius 2 is 1.53 bits per heavy atom. The summed E-state index contributed by atoms with van der Waals surface area (Å²) >= 11 is 0. The fourth-order valence-corrected chi connectivity index (χ4v) is 4.77. The highest BCUT2D eigenvalue weighted by Crippen LogP contribution is 2.30. The van der Waals surface area contributed by atoms with Crippen LogP contribution in [0.2, 0.25) is 0 Å². The third-order valence-electron chi connectivity index (χ3n) is 5.67. The van der Waals surface area contributed by atoms with Crippen LogP contribution in [0.4, 0.5) is 11.4 Å². The maximum absolute atomic E-state index is 12.9. The number of carbonyl (C=O) groups excluding carboxylic acids is 2. The summed E-state index contributed by atoms with van der Waals surface area (Å²) in [5.74, 6) is -0.199. The minimum Gasteiger partial charge on any atom is -0.348 e. The van der Waals surface area contributed by atoms with Crippen LogP contribution in [0.3, 0.4) is 0 Å². The Morgan fingerprint density at radius 1 is 0.882 bits per heavy atom. The molecule has 1 saturated carbocycles. The summed E-state index contributed by atoms with van der Waals surface area (Å²) in [6.45, 7) is 3.88. The van der Waals surface area contributed by atoms with Crippen molar-refractivity contribution in [2.75, 3.05) is 10.0 Å². The van der Waals surface area contributed by atoms with Gasteiger partial charge in [0, 0.05) is 29.4 Å². The van der Waals surface area contributed by atoms with Gasteiger partial charge in [-0.15, -0.1) is 0 Å². The number of amides is 2. The van der Waals surface area contributed by atoms with E-state index in [9.17, 15) is 18.0 Å². The minimum atomic E-state index is -3.86. The van der Waals surface area contributed by atoms with Crippen molar-refractivity contribution in [3.05, 3.63) is 89.0 Å². The standard InChI is InChI=1S/C26H27N3O4S/c1-17-3-11-23(12-4-17)29-34(32,33)24-15-21(8-5-18(24)2)25(30)27-16-19-6-13-22(14-7-19)28-26(31)20-9-10-20/h3-8,11-15,20,29H,9-10,16H2,1-2H3,(H,27,30)(H,28,31). The number of carbonyl (C=O) groups is 2. The molecule has 2 amide bonds. The van der Waals surface area contributed by atoms with Crippen LogP contribution in [-0.4, -0.2) is 20.2 Å². The third kappa shape index (κ3) is 5.82. The van der Waals surface area contributed by atoms with Crippen molar-refractivity contribution >= 4 is 33.2 Å². The molecular weight excluding hydrogens is 450 g/mol. The summed E-state index contributed by atoms with van der Waals surface area (Å²) in [6.07, 6.45) is 1.89. The van der Waals surface area contributed by atoms with Crippen molar-refractivity contribution in [3.63, 3.8) is 0 Å². The van der Waals surface area contributed by atoms with Crippen LogP contribution in [0, 0.1) is 19.8 Å². The number of anilines is 2. The van der Waals surface area contributed by atoms with Crippen LogP contribution in [0.5, 0.6) is 0 Å². The highest BCUT2D eigenvalue weighted by Gasteiger charge is 2.29. The number of hydrogen-bond acceptors (Lipinski definition) is 4. The molecule has 0 unspecified atom stereocenters. The van der Waals surface area contributed by atoms with E-state index < -0.39 is 10.0 Å². The normalized spacial score (nSPS) is 13.2. The van der Waals surface area contributed by atoms with Crippen LogP contribution in [0.25, 0.3) is 0 Å². The van der Waals surface area contributed by atoms with Gasteiger partial charge in [-0.2, -0.15) is 0 Å². The SMILES string of the molecule is Cc1ccc(NS(=O)(=O)c2cc(C(=O)NCc3ccc(NC(=O)C4CC4)cc3)ccc2C)cc1. The molecule has 176 valence electrons. The van der Waals surface area contributed by atoms with Crippen molar-refractivity contribution in [2.24, 2.45) is 5.92 Å². The van der Waals surface area contributed by atoms with Crippen molar-refractivity contribution in [3.8, 4) is 0 Å². The molecular formula is C26H27N3O4S. The Balaban J connectivity index is 1.41. The highest BCUT2D eigenvalue weighted by molar-refractivity contribution is 7.92. The predicted molar refractivity (Wildman–Crippen MR) is 132 cm³/mol. The molecule has 8 heteroatoms. The summed E-state index contributed by atoms with van der Waals surface area (Å²) in [5.41, 5.74) is 3.86. The van der Waals surface area contributed by atoms with Gasteiger partial charge in [0.05, 0.1) is 4.90 Å². The lowest BCUT2D eigenvalue weighted by Gasteiger charge is -2.13. The minimum absolute atomic E-state index is 0.0445. The molecule has 3 aromatic rings. The van der Waals surface area contributed by atoms with Gasteiger partial charge >= 0.3 is 0 Å². The van der Waals surface area contributed by atoms with Gasteiger partial charge in [0.1, 0.15) is 0 Å². The van der Waals surface area contributed by atoms with Gasteiger partial charge in [-0.25, -0.2) is 8.42 Å². The molecule has 0 saturated heterocycles. The van der Waals surface area contributed by atoms with Gasteiger partial charge < -0.3 is 10.6 Å². The van der Waals surface area contributed by atoms with Gasteiger partial charge in [-0.3, -0.25) is 14.3 Å². The molecule has 1 aliphatic rings. The van der Waals surface area contributed by atoms with Crippen LogP contribution in [-0.2, 0) is 21.4 Å². The first-order valence-electron chi connectivity index (χ1n) is 11.1. The molecule has 3 N–H and O–H groups in total. The van der Waals surface area contributed by atoms with Crippen molar-refractivity contribution in [1.82, 2.24) is 5.32 Å². The first kappa shape index (κ1) is 23.5. The molecule has 0 aromatic heterocycles. The first-order valence-corrected chi connectivity index (χ1v) is 12.6. The van der Waals surface area contributed by atoms with Crippen LogP contribution in [0.15, 0.2) is 71.6 Å². The smallest absolute Gasteiger partial charge is 0.262 e. The molecule has 1 fully saturated rings. The zero-order valence-electron chi connectivity index (χ0n) is 19.1. The topological polar surface area (TPSA) is 104 Å². The van der Waals surface area contributed by atoms with E-state index in [1.165, 1.54) is 6.07 Å². The van der Waals surface area contributed by atoms with Gasteiger partial charge in [0.15, 0.2) is 0 Å². The molecule has 3 aromatic carbocycles.